The fourth-order valence-electron chi connectivity index (χ4n) is 2.34. The lowest BCUT2D eigenvalue weighted by molar-refractivity contribution is 0.504. The normalized spacial score (nSPS) is 13.0. The summed E-state index contributed by atoms with van der Waals surface area (Å²) in [7, 11) is 0. The van der Waals surface area contributed by atoms with E-state index in [1.54, 1.807) is 30.2 Å². The van der Waals surface area contributed by atoms with Gasteiger partial charge in [-0.2, -0.15) is 0 Å². The molecule has 110 valence electrons. The monoisotopic (exact) mass is 310 g/mol. The number of alkyl halides is 1. The van der Waals surface area contributed by atoms with Crippen LogP contribution >= 0.6 is 11.6 Å². The molecule has 3 rings (SSSR count). The van der Waals surface area contributed by atoms with Gasteiger partial charge >= 0.3 is 0 Å². The van der Waals surface area contributed by atoms with Gasteiger partial charge in [0.25, 0.3) is 0 Å². The average Bonchev–Trinajstić information content (AvgIpc) is 3.08. The van der Waals surface area contributed by atoms with Crippen LogP contribution in [-0.4, -0.2) is 19.1 Å². The van der Waals surface area contributed by atoms with Crippen molar-refractivity contribution in [1.29, 1.82) is 0 Å². The van der Waals surface area contributed by atoms with Gasteiger partial charge in [0.15, 0.2) is 11.6 Å². The zero-order valence-electron chi connectivity index (χ0n) is 11.3. The Balaban J connectivity index is 2.08. The second-order valence-electron chi connectivity index (χ2n) is 4.77. The largest absolute Gasteiger partial charge is 0.336 e. The van der Waals surface area contributed by atoms with Crippen molar-refractivity contribution >= 4 is 22.6 Å². The fraction of sp³-hybridized carbons (Fsp3) is 0.286. The second kappa shape index (κ2) is 5.44. The van der Waals surface area contributed by atoms with Gasteiger partial charge in [0.05, 0.1) is 17.2 Å². The summed E-state index contributed by atoms with van der Waals surface area (Å²) in [4.78, 5) is 8.27. The molecular formula is C14H13ClF2N4. The summed E-state index contributed by atoms with van der Waals surface area (Å²) in [6.45, 7) is 2.75. The zero-order chi connectivity index (χ0) is 15.0. The third-order valence-corrected chi connectivity index (χ3v) is 3.52. The van der Waals surface area contributed by atoms with Gasteiger partial charge < -0.3 is 9.13 Å². The molecule has 0 spiro atoms. The van der Waals surface area contributed by atoms with Crippen LogP contribution in [0.2, 0.25) is 0 Å². The van der Waals surface area contributed by atoms with Crippen LogP contribution in [0, 0.1) is 11.6 Å². The van der Waals surface area contributed by atoms with E-state index in [-0.39, 0.29) is 5.52 Å². The Morgan fingerprint density at radius 1 is 1.29 bits per heavy atom. The zero-order valence-corrected chi connectivity index (χ0v) is 12.1. The number of hydrogen-bond donors (Lipinski definition) is 0. The van der Waals surface area contributed by atoms with E-state index in [4.69, 9.17) is 11.6 Å². The lowest BCUT2D eigenvalue weighted by Gasteiger charge is -2.11. The Morgan fingerprint density at radius 2 is 2.10 bits per heavy atom. The van der Waals surface area contributed by atoms with E-state index in [2.05, 4.69) is 9.97 Å². The third kappa shape index (κ3) is 2.51. The van der Waals surface area contributed by atoms with Crippen molar-refractivity contribution in [1.82, 2.24) is 19.1 Å². The lowest BCUT2D eigenvalue weighted by Crippen LogP contribution is -2.10. The molecular weight excluding hydrogens is 298 g/mol. The van der Waals surface area contributed by atoms with Gasteiger partial charge in [-0.3, -0.25) is 0 Å². The molecule has 1 unspecified atom stereocenters. The minimum atomic E-state index is -0.894. The minimum Gasteiger partial charge on any atom is -0.336 e. The maximum atomic E-state index is 14.1. The van der Waals surface area contributed by atoms with Crippen LogP contribution in [-0.2, 0) is 13.1 Å². The first-order chi connectivity index (χ1) is 10.1. The SMILES string of the molecule is CC(Cl)c1nc2ccc(F)c(F)c2n1CCn1ccnc1. The van der Waals surface area contributed by atoms with Crippen molar-refractivity contribution < 1.29 is 8.78 Å². The standard InChI is InChI=1S/C14H13ClF2N4/c1-9(15)14-19-11-3-2-10(16)12(17)13(11)21(14)7-6-20-5-4-18-8-20/h2-5,8-9H,6-7H2,1H3. The molecule has 0 saturated carbocycles. The van der Waals surface area contributed by atoms with Gasteiger partial charge in [-0.05, 0) is 19.1 Å². The molecule has 0 saturated heterocycles. The van der Waals surface area contributed by atoms with Gasteiger partial charge in [-0.25, -0.2) is 18.7 Å². The van der Waals surface area contributed by atoms with Crippen molar-refractivity contribution in [2.24, 2.45) is 0 Å². The Bertz CT molecular complexity index is 765. The van der Waals surface area contributed by atoms with Gasteiger partial charge in [-0.1, -0.05) is 0 Å². The van der Waals surface area contributed by atoms with Crippen molar-refractivity contribution in [3.63, 3.8) is 0 Å². The van der Waals surface area contributed by atoms with E-state index in [1.807, 2.05) is 4.57 Å². The molecule has 0 bridgehead atoms. The molecule has 3 aromatic rings. The summed E-state index contributed by atoms with van der Waals surface area (Å²) in [6.07, 6.45) is 5.14. The lowest BCUT2D eigenvalue weighted by atomic mass is 10.3. The second-order valence-corrected chi connectivity index (χ2v) is 5.42. The Hall–Kier alpha value is -1.95. The van der Waals surface area contributed by atoms with Crippen LogP contribution < -0.4 is 0 Å². The Kier molecular flexibility index (Phi) is 3.63. The summed E-state index contributed by atoms with van der Waals surface area (Å²) in [6, 6.07) is 2.54. The molecule has 0 amide bonds. The first-order valence-electron chi connectivity index (χ1n) is 6.52. The van der Waals surface area contributed by atoms with Gasteiger partial charge in [0, 0.05) is 25.5 Å². The first-order valence-corrected chi connectivity index (χ1v) is 6.95. The molecule has 7 heteroatoms. The highest BCUT2D eigenvalue weighted by Crippen LogP contribution is 2.27. The number of halogens is 3. The molecule has 21 heavy (non-hydrogen) atoms. The minimum absolute atomic E-state index is 0.151. The van der Waals surface area contributed by atoms with E-state index >= 15 is 0 Å². The van der Waals surface area contributed by atoms with Crippen molar-refractivity contribution in [2.45, 2.75) is 25.4 Å². The van der Waals surface area contributed by atoms with Crippen molar-refractivity contribution in [3.8, 4) is 0 Å². The molecule has 0 aliphatic carbocycles. The van der Waals surface area contributed by atoms with Crippen LogP contribution in [0.3, 0.4) is 0 Å². The van der Waals surface area contributed by atoms with Crippen molar-refractivity contribution in [3.05, 3.63) is 48.3 Å². The number of aromatic nitrogens is 4. The molecule has 0 fully saturated rings. The molecule has 1 atom stereocenters. The molecule has 2 heterocycles. The number of aryl methyl sites for hydroxylation is 2. The van der Waals surface area contributed by atoms with Crippen LogP contribution in [0.15, 0.2) is 30.9 Å². The highest BCUT2D eigenvalue weighted by molar-refractivity contribution is 6.20. The number of imidazole rings is 2. The molecule has 2 aromatic heterocycles. The number of fused-ring (bicyclic) bond motifs is 1. The predicted molar refractivity (Wildman–Crippen MR) is 76.1 cm³/mol. The van der Waals surface area contributed by atoms with E-state index in [0.717, 1.165) is 6.07 Å². The van der Waals surface area contributed by atoms with Crippen LogP contribution in [0.25, 0.3) is 11.0 Å². The van der Waals surface area contributed by atoms with E-state index in [9.17, 15) is 8.78 Å². The summed E-state index contributed by atoms with van der Waals surface area (Å²) in [5, 5.41) is -0.400. The topological polar surface area (TPSA) is 35.6 Å². The maximum absolute atomic E-state index is 14.1. The third-order valence-electron chi connectivity index (χ3n) is 3.33. The highest BCUT2D eigenvalue weighted by Gasteiger charge is 2.19. The number of benzene rings is 1. The van der Waals surface area contributed by atoms with Crippen LogP contribution in [0.1, 0.15) is 18.1 Å². The predicted octanol–water partition coefficient (Wildman–Crippen LogP) is 3.51. The number of hydrogen-bond acceptors (Lipinski definition) is 2. The van der Waals surface area contributed by atoms with Crippen LogP contribution in [0.4, 0.5) is 8.78 Å². The maximum Gasteiger partial charge on any atom is 0.184 e. The Morgan fingerprint density at radius 3 is 2.76 bits per heavy atom. The van der Waals surface area contributed by atoms with Crippen LogP contribution in [0.5, 0.6) is 0 Å². The highest BCUT2D eigenvalue weighted by atomic mass is 35.5. The van der Waals surface area contributed by atoms with Gasteiger partial charge in [-0.15, -0.1) is 11.6 Å². The summed E-state index contributed by atoms with van der Waals surface area (Å²) in [5.41, 5.74) is 0.555. The molecule has 0 aliphatic heterocycles. The summed E-state index contributed by atoms with van der Waals surface area (Å²) in [5.74, 6) is -1.26. The molecule has 0 radical (unpaired) electrons. The van der Waals surface area contributed by atoms with E-state index in [0.29, 0.717) is 24.4 Å². The fourth-order valence-corrected chi connectivity index (χ4v) is 2.51. The summed E-state index contributed by atoms with van der Waals surface area (Å²) < 4.78 is 31.1. The number of rotatable bonds is 4. The Labute approximate surface area is 125 Å². The first kappa shape index (κ1) is 14.0. The molecule has 0 N–H and O–H groups in total. The van der Waals surface area contributed by atoms with Gasteiger partial charge in [0.1, 0.15) is 11.3 Å². The molecule has 1 aromatic carbocycles. The average molecular weight is 311 g/mol. The number of nitrogens with zero attached hydrogens (tertiary/aromatic N) is 4. The van der Waals surface area contributed by atoms with Crippen molar-refractivity contribution in [2.75, 3.05) is 0 Å². The van der Waals surface area contributed by atoms with E-state index < -0.39 is 17.0 Å². The summed E-state index contributed by atoms with van der Waals surface area (Å²) >= 11 is 6.11. The molecule has 4 nitrogen and oxygen atoms in total. The smallest absolute Gasteiger partial charge is 0.184 e. The molecule has 0 aliphatic rings. The van der Waals surface area contributed by atoms with Gasteiger partial charge in [0.2, 0.25) is 0 Å². The quantitative estimate of drug-likeness (QED) is 0.691. The van der Waals surface area contributed by atoms with E-state index in [1.165, 1.54) is 6.07 Å².